The van der Waals surface area contributed by atoms with Crippen LogP contribution >= 0.6 is 0 Å². The third kappa shape index (κ3) is 4.26. The lowest BCUT2D eigenvalue weighted by molar-refractivity contribution is -0.107. The van der Waals surface area contributed by atoms with E-state index in [2.05, 4.69) is 5.32 Å². The van der Waals surface area contributed by atoms with Crippen molar-refractivity contribution in [2.45, 2.75) is 26.2 Å². The molecule has 0 saturated carbocycles. The largest absolute Gasteiger partial charge is 0.352 e. The van der Waals surface area contributed by atoms with E-state index in [1.165, 1.54) is 0 Å². The highest BCUT2D eigenvalue weighted by Crippen LogP contribution is 2.02. The van der Waals surface area contributed by atoms with Crippen LogP contribution in [0.5, 0.6) is 0 Å². The maximum Gasteiger partial charge on any atom is 0.251 e. The Bertz CT molecular complexity index is 349. The van der Waals surface area contributed by atoms with Gasteiger partial charge in [-0.05, 0) is 31.9 Å². The summed E-state index contributed by atoms with van der Waals surface area (Å²) in [4.78, 5) is 21.7. The van der Waals surface area contributed by atoms with Crippen molar-refractivity contribution in [3.8, 4) is 0 Å². The second-order valence-electron chi connectivity index (χ2n) is 3.78. The number of carbonyl (C=O) groups is 2. The lowest BCUT2D eigenvalue weighted by Crippen LogP contribution is -2.24. The van der Waals surface area contributed by atoms with Gasteiger partial charge in [-0.1, -0.05) is 17.7 Å². The zero-order valence-electron chi connectivity index (χ0n) is 9.53. The highest BCUT2D eigenvalue weighted by atomic mass is 16.1. The minimum Gasteiger partial charge on any atom is -0.352 e. The SMILES string of the molecule is Cc1ccc(C(=O)NCCCCC=O)cc1.[HH]. The van der Waals surface area contributed by atoms with Crippen molar-refractivity contribution in [3.05, 3.63) is 35.4 Å². The van der Waals surface area contributed by atoms with E-state index in [0.29, 0.717) is 18.5 Å². The topological polar surface area (TPSA) is 46.2 Å². The molecule has 1 N–H and O–H groups in total. The molecule has 0 heterocycles. The summed E-state index contributed by atoms with van der Waals surface area (Å²) in [7, 11) is 0. The van der Waals surface area contributed by atoms with E-state index in [1.807, 2.05) is 31.2 Å². The first-order valence-corrected chi connectivity index (χ1v) is 5.52. The van der Waals surface area contributed by atoms with E-state index in [0.717, 1.165) is 24.7 Å². The van der Waals surface area contributed by atoms with Gasteiger partial charge in [-0.15, -0.1) is 0 Å². The zero-order valence-corrected chi connectivity index (χ0v) is 9.53. The fourth-order valence-corrected chi connectivity index (χ4v) is 1.36. The van der Waals surface area contributed by atoms with Crippen molar-refractivity contribution in [2.24, 2.45) is 0 Å². The van der Waals surface area contributed by atoms with Gasteiger partial charge >= 0.3 is 0 Å². The molecule has 16 heavy (non-hydrogen) atoms. The summed E-state index contributed by atoms with van der Waals surface area (Å²) in [5, 5.41) is 2.82. The molecule has 0 atom stereocenters. The molecule has 0 aliphatic carbocycles. The van der Waals surface area contributed by atoms with Crippen molar-refractivity contribution >= 4 is 12.2 Å². The van der Waals surface area contributed by atoms with Gasteiger partial charge < -0.3 is 10.1 Å². The summed E-state index contributed by atoms with van der Waals surface area (Å²) in [6.45, 7) is 2.61. The molecule has 1 rings (SSSR count). The molecule has 3 nitrogen and oxygen atoms in total. The summed E-state index contributed by atoms with van der Waals surface area (Å²) in [6, 6.07) is 7.47. The molecule has 0 aliphatic heterocycles. The third-order valence-electron chi connectivity index (χ3n) is 2.35. The summed E-state index contributed by atoms with van der Waals surface area (Å²) < 4.78 is 0. The van der Waals surface area contributed by atoms with E-state index >= 15 is 0 Å². The van der Waals surface area contributed by atoms with Crippen LogP contribution in [0.25, 0.3) is 0 Å². The maximum absolute atomic E-state index is 11.6. The Labute approximate surface area is 97.3 Å². The Hall–Kier alpha value is -1.64. The van der Waals surface area contributed by atoms with Gasteiger partial charge in [-0.25, -0.2) is 0 Å². The summed E-state index contributed by atoms with van der Waals surface area (Å²) in [5.74, 6) is -0.0499. The lowest BCUT2D eigenvalue weighted by atomic mass is 10.1. The van der Waals surface area contributed by atoms with Gasteiger partial charge in [0.25, 0.3) is 5.91 Å². The van der Waals surface area contributed by atoms with Crippen LogP contribution in [0.2, 0.25) is 0 Å². The highest BCUT2D eigenvalue weighted by Gasteiger charge is 2.03. The Balaban J connectivity index is 0.00000256. The second kappa shape index (κ2) is 6.77. The Morgan fingerprint density at radius 1 is 1.31 bits per heavy atom. The minimum atomic E-state index is -0.0499. The van der Waals surface area contributed by atoms with Crippen LogP contribution in [-0.2, 0) is 4.79 Å². The van der Waals surface area contributed by atoms with Crippen LogP contribution in [-0.4, -0.2) is 18.7 Å². The first-order valence-electron chi connectivity index (χ1n) is 5.52. The van der Waals surface area contributed by atoms with E-state index in [4.69, 9.17) is 0 Å². The van der Waals surface area contributed by atoms with Crippen LogP contribution in [0.1, 0.15) is 36.6 Å². The molecule has 0 aliphatic rings. The maximum atomic E-state index is 11.6. The molecule has 0 radical (unpaired) electrons. The Kier molecular flexibility index (Phi) is 5.26. The number of nitrogens with one attached hydrogen (secondary N) is 1. The van der Waals surface area contributed by atoms with Crippen molar-refractivity contribution in [1.29, 1.82) is 0 Å². The number of carbonyl (C=O) groups excluding carboxylic acids is 2. The van der Waals surface area contributed by atoms with Gasteiger partial charge in [-0.3, -0.25) is 4.79 Å². The van der Waals surface area contributed by atoms with Crippen LogP contribution in [0.15, 0.2) is 24.3 Å². The standard InChI is InChI=1S/C13H17NO2.H2/c1-11-5-7-12(8-6-11)13(16)14-9-3-2-4-10-15;/h5-8,10H,2-4,9H2,1H3,(H,14,16);1H. The van der Waals surface area contributed by atoms with E-state index in [9.17, 15) is 9.59 Å². The van der Waals surface area contributed by atoms with Crippen molar-refractivity contribution in [3.63, 3.8) is 0 Å². The lowest BCUT2D eigenvalue weighted by Gasteiger charge is -2.04. The number of hydrogen-bond donors (Lipinski definition) is 1. The van der Waals surface area contributed by atoms with Crippen LogP contribution in [0.3, 0.4) is 0 Å². The van der Waals surface area contributed by atoms with E-state index in [-0.39, 0.29) is 7.33 Å². The molecule has 0 fully saturated rings. The number of hydrogen-bond acceptors (Lipinski definition) is 2. The van der Waals surface area contributed by atoms with Gasteiger partial charge in [0, 0.05) is 20.0 Å². The number of aldehydes is 1. The normalized spacial score (nSPS) is 9.81. The molecule has 1 aromatic carbocycles. The predicted octanol–water partition coefficient (Wildman–Crippen LogP) is 2.34. The van der Waals surface area contributed by atoms with Crippen molar-refractivity contribution in [2.75, 3.05) is 6.54 Å². The van der Waals surface area contributed by atoms with Crippen LogP contribution in [0.4, 0.5) is 0 Å². The molecule has 0 spiro atoms. The molecular weight excluding hydrogens is 202 g/mol. The molecule has 0 unspecified atom stereocenters. The number of aryl methyl sites for hydroxylation is 1. The average Bonchev–Trinajstić information content (AvgIpc) is 2.29. The average molecular weight is 221 g/mol. The second-order valence-corrected chi connectivity index (χ2v) is 3.78. The fraction of sp³-hybridized carbons (Fsp3) is 0.385. The predicted molar refractivity (Wildman–Crippen MR) is 65.5 cm³/mol. The first-order chi connectivity index (χ1) is 7.74. The van der Waals surface area contributed by atoms with Gasteiger partial charge in [-0.2, -0.15) is 0 Å². The molecule has 1 amide bonds. The summed E-state index contributed by atoms with van der Waals surface area (Å²) >= 11 is 0. The van der Waals surface area contributed by atoms with Crippen LogP contribution in [0, 0.1) is 6.92 Å². The van der Waals surface area contributed by atoms with Crippen molar-refractivity contribution < 1.29 is 11.0 Å². The molecule has 0 aromatic heterocycles. The molecule has 0 saturated heterocycles. The van der Waals surface area contributed by atoms with Gasteiger partial charge in [0.1, 0.15) is 6.29 Å². The number of benzene rings is 1. The molecular formula is C13H19NO2. The van der Waals surface area contributed by atoms with Gasteiger partial charge in [0.05, 0.1) is 0 Å². The summed E-state index contributed by atoms with van der Waals surface area (Å²) in [6.07, 6.45) is 3.15. The zero-order chi connectivity index (χ0) is 11.8. The van der Waals surface area contributed by atoms with Gasteiger partial charge in [0.2, 0.25) is 0 Å². The molecule has 1 aromatic rings. The smallest absolute Gasteiger partial charge is 0.251 e. The summed E-state index contributed by atoms with van der Waals surface area (Å²) in [5.41, 5.74) is 1.82. The minimum absolute atomic E-state index is 0. The molecule has 0 bridgehead atoms. The highest BCUT2D eigenvalue weighted by molar-refractivity contribution is 5.94. The number of rotatable bonds is 6. The first kappa shape index (κ1) is 12.4. The number of unbranched alkanes of at least 4 members (excludes halogenated alkanes) is 2. The van der Waals surface area contributed by atoms with Crippen LogP contribution < -0.4 is 5.32 Å². The number of amides is 1. The third-order valence-corrected chi connectivity index (χ3v) is 2.35. The molecule has 88 valence electrons. The van der Waals surface area contributed by atoms with E-state index in [1.54, 1.807) is 0 Å². The van der Waals surface area contributed by atoms with Crippen molar-refractivity contribution in [1.82, 2.24) is 5.32 Å². The van der Waals surface area contributed by atoms with E-state index < -0.39 is 0 Å². The Morgan fingerprint density at radius 3 is 2.62 bits per heavy atom. The Morgan fingerprint density at radius 2 is 2.00 bits per heavy atom. The quantitative estimate of drug-likeness (QED) is 0.592. The monoisotopic (exact) mass is 221 g/mol. The molecule has 3 heteroatoms. The van der Waals surface area contributed by atoms with Gasteiger partial charge in [0.15, 0.2) is 0 Å². The fourth-order valence-electron chi connectivity index (χ4n) is 1.36.